The van der Waals surface area contributed by atoms with Crippen LogP contribution in [0.25, 0.3) is 0 Å². The van der Waals surface area contributed by atoms with Crippen LogP contribution in [0.1, 0.15) is 24.2 Å². The van der Waals surface area contributed by atoms with Crippen LogP contribution < -0.4 is 0 Å². The van der Waals surface area contributed by atoms with Gasteiger partial charge in [-0.05, 0) is 62.8 Å². The molecule has 0 unspecified atom stereocenters. The average molecular weight is 328 g/mol. The van der Waals surface area contributed by atoms with E-state index in [1.807, 2.05) is 23.1 Å². The number of benzene rings is 1. The van der Waals surface area contributed by atoms with Crippen molar-refractivity contribution in [2.45, 2.75) is 31.8 Å². The largest absolute Gasteiger partial charge is 0.508 e. The minimum Gasteiger partial charge on any atom is -0.508 e. The number of hydrogen-bond donors (Lipinski definition) is 1. The SMILES string of the molecule is CN1CCC(N(Cc2ccco2)C(=O)Cc2cccc(O)c2)CC1. The van der Waals surface area contributed by atoms with E-state index in [2.05, 4.69) is 11.9 Å². The Labute approximate surface area is 142 Å². The normalized spacial score (nSPS) is 16.2. The Morgan fingerprint density at radius 2 is 2.08 bits per heavy atom. The molecule has 1 saturated heterocycles. The molecule has 0 radical (unpaired) electrons. The van der Waals surface area contributed by atoms with Crippen molar-refractivity contribution in [3.8, 4) is 5.75 Å². The summed E-state index contributed by atoms with van der Waals surface area (Å²) < 4.78 is 5.45. The molecule has 128 valence electrons. The van der Waals surface area contributed by atoms with Gasteiger partial charge in [-0.2, -0.15) is 0 Å². The molecule has 3 rings (SSSR count). The summed E-state index contributed by atoms with van der Waals surface area (Å²) in [7, 11) is 2.11. The van der Waals surface area contributed by atoms with E-state index in [0.717, 1.165) is 37.3 Å². The van der Waals surface area contributed by atoms with Crippen molar-refractivity contribution < 1.29 is 14.3 Å². The summed E-state index contributed by atoms with van der Waals surface area (Å²) in [5, 5.41) is 9.60. The van der Waals surface area contributed by atoms with Crippen molar-refractivity contribution in [2.75, 3.05) is 20.1 Å². The smallest absolute Gasteiger partial charge is 0.227 e. The highest BCUT2D eigenvalue weighted by molar-refractivity contribution is 5.79. The van der Waals surface area contributed by atoms with Gasteiger partial charge in [-0.25, -0.2) is 0 Å². The topological polar surface area (TPSA) is 56.9 Å². The summed E-state index contributed by atoms with van der Waals surface area (Å²) >= 11 is 0. The van der Waals surface area contributed by atoms with E-state index in [1.54, 1.807) is 24.5 Å². The highest BCUT2D eigenvalue weighted by Gasteiger charge is 2.27. The van der Waals surface area contributed by atoms with Crippen LogP contribution in [0.5, 0.6) is 5.75 Å². The molecule has 2 aromatic rings. The monoisotopic (exact) mass is 328 g/mol. The zero-order valence-corrected chi connectivity index (χ0v) is 14.0. The van der Waals surface area contributed by atoms with Crippen LogP contribution in [-0.4, -0.2) is 47.0 Å². The van der Waals surface area contributed by atoms with Crippen molar-refractivity contribution in [1.82, 2.24) is 9.80 Å². The molecule has 1 aliphatic heterocycles. The van der Waals surface area contributed by atoms with E-state index < -0.39 is 0 Å². The molecule has 0 atom stereocenters. The molecule has 0 spiro atoms. The summed E-state index contributed by atoms with van der Waals surface area (Å²) in [6, 6.07) is 10.9. The number of carbonyl (C=O) groups is 1. The lowest BCUT2D eigenvalue weighted by Gasteiger charge is -2.37. The molecule has 0 aliphatic carbocycles. The molecule has 5 heteroatoms. The first-order chi connectivity index (χ1) is 11.6. The Bertz CT molecular complexity index is 661. The van der Waals surface area contributed by atoms with E-state index in [0.29, 0.717) is 13.0 Å². The van der Waals surface area contributed by atoms with E-state index in [9.17, 15) is 9.90 Å². The predicted octanol–water partition coefficient (Wildman–Crippen LogP) is 2.65. The van der Waals surface area contributed by atoms with Gasteiger partial charge >= 0.3 is 0 Å². The summed E-state index contributed by atoms with van der Waals surface area (Å²) in [4.78, 5) is 17.2. The lowest BCUT2D eigenvalue weighted by atomic mass is 10.0. The van der Waals surface area contributed by atoms with Gasteiger partial charge in [0.15, 0.2) is 0 Å². The maximum Gasteiger partial charge on any atom is 0.227 e. The molecule has 1 aromatic heterocycles. The quantitative estimate of drug-likeness (QED) is 0.917. The molecular formula is C19H24N2O3. The van der Waals surface area contributed by atoms with Crippen molar-refractivity contribution in [3.63, 3.8) is 0 Å². The van der Waals surface area contributed by atoms with Crippen molar-refractivity contribution in [2.24, 2.45) is 0 Å². The van der Waals surface area contributed by atoms with Gasteiger partial charge in [-0.1, -0.05) is 12.1 Å². The summed E-state index contributed by atoms with van der Waals surface area (Å²) in [6.45, 7) is 2.50. The van der Waals surface area contributed by atoms with Gasteiger partial charge in [0.05, 0.1) is 19.2 Å². The number of phenols is 1. The van der Waals surface area contributed by atoms with E-state index in [-0.39, 0.29) is 17.7 Å². The third-order valence-corrected chi connectivity index (χ3v) is 4.62. The van der Waals surface area contributed by atoms with Crippen LogP contribution in [-0.2, 0) is 17.8 Å². The van der Waals surface area contributed by atoms with Crippen molar-refractivity contribution >= 4 is 5.91 Å². The first-order valence-electron chi connectivity index (χ1n) is 8.40. The van der Waals surface area contributed by atoms with Crippen LogP contribution in [0.2, 0.25) is 0 Å². The van der Waals surface area contributed by atoms with Gasteiger partial charge in [-0.15, -0.1) is 0 Å². The van der Waals surface area contributed by atoms with Crippen LogP contribution in [0.3, 0.4) is 0 Å². The van der Waals surface area contributed by atoms with Gasteiger partial charge < -0.3 is 19.3 Å². The first-order valence-corrected chi connectivity index (χ1v) is 8.40. The van der Waals surface area contributed by atoms with Crippen LogP contribution in [0, 0.1) is 0 Å². The third kappa shape index (κ3) is 4.17. The molecule has 0 bridgehead atoms. The molecule has 5 nitrogen and oxygen atoms in total. The second-order valence-corrected chi connectivity index (χ2v) is 6.48. The Morgan fingerprint density at radius 3 is 2.75 bits per heavy atom. The van der Waals surface area contributed by atoms with Gasteiger partial charge in [0.25, 0.3) is 0 Å². The second kappa shape index (κ2) is 7.53. The molecule has 1 aromatic carbocycles. The number of amides is 1. The van der Waals surface area contributed by atoms with Gasteiger partial charge in [-0.3, -0.25) is 4.79 Å². The molecular weight excluding hydrogens is 304 g/mol. The van der Waals surface area contributed by atoms with E-state index >= 15 is 0 Å². The Kier molecular flexibility index (Phi) is 5.20. The van der Waals surface area contributed by atoms with Crippen LogP contribution in [0.15, 0.2) is 47.1 Å². The third-order valence-electron chi connectivity index (χ3n) is 4.62. The molecule has 2 heterocycles. The predicted molar refractivity (Wildman–Crippen MR) is 91.6 cm³/mol. The summed E-state index contributed by atoms with van der Waals surface area (Å²) in [5.74, 6) is 1.07. The maximum atomic E-state index is 12.9. The van der Waals surface area contributed by atoms with E-state index in [4.69, 9.17) is 4.42 Å². The minimum absolute atomic E-state index is 0.0755. The Hall–Kier alpha value is -2.27. The second-order valence-electron chi connectivity index (χ2n) is 6.48. The fourth-order valence-electron chi connectivity index (χ4n) is 3.24. The Balaban J connectivity index is 1.74. The number of piperidine rings is 1. The number of hydrogen-bond acceptors (Lipinski definition) is 4. The van der Waals surface area contributed by atoms with E-state index in [1.165, 1.54) is 0 Å². The highest BCUT2D eigenvalue weighted by atomic mass is 16.3. The minimum atomic E-state index is 0.0755. The molecule has 1 amide bonds. The molecule has 0 saturated carbocycles. The zero-order chi connectivity index (χ0) is 16.9. The van der Waals surface area contributed by atoms with Crippen molar-refractivity contribution in [1.29, 1.82) is 0 Å². The van der Waals surface area contributed by atoms with Crippen LogP contribution in [0.4, 0.5) is 0 Å². The average Bonchev–Trinajstić information content (AvgIpc) is 3.07. The zero-order valence-electron chi connectivity index (χ0n) is 14.0. The number of furan rings is 1. The van der Waals surface area contributed by atoms with Crippen LogP contribution >= 0.6 is 0 Å². The maximum absolute atomic E-state index is 12.9. The number of rotatable bonds is 5. The number of carbonyl (C=O) groups excluding carboxylic acids is 1. The number of phenolic OH excluding ortho intramolecular Hbond substituents is 1. The fraction of sp³-hybridized carbons (Fsp3) is 0.421. The lowest BCUT2D eigenvalue weighted by Crippen LogP contribution is -2.46. The summed E-state index contributed by atoms with van der Waals surface area (Å²) in [5.41, 5.74) is 0.831. The standard InChI is InChI=1S/C19H24N2O3/c1-20-9-7-16(8-10-20)21(14-18-6-3-11-24-18)19(23)13-15-4-2-5-17(22)12-15/h2-6,11-12,16,22H,7-10,13-14H2,1H3. The van der Waals surface area contributed by atoms with Gasteiger partial charge in [0, 0.05) is 6.04 Å². The molecule has 24 heavy (non-hydrogen) atoms. The van der Waals surface area contributed by atoms with Gasteiger partial charge in [0.2, 0.25) is 5.91 Å². The first kappa shape index (κ1) is 16.6. The lowest BCUT2D eigenvalue weighted by molar-refractivity contribution is -0.134. The number of likely N-dealkylation sites (tertiary alicyclic amines) is 1. The Morgan fingerprint density at radius 1 is 1.29 bits per heavy atom. The summed E-state index contributed by atoms with van der Waals surface area (Å²) in [6.07, 6.45) is 3.88. The van der Waals surface area contributed by atoms with Crippen molar-refractivity contribution in [3.05, 3.63) is 54.0 Å². The fourth-order valence-corrected chi connectivity index (χ4v) is 3.24. The number of aromatic hydroxyl groups is 1. The van der Waals surface area contributed by atoms with Gasteiger partial charge in [0.1, 0.15) is 11.5 Å². The highest BCUT2D eigenvalue weighted by Crippen LogP contribution is 2.21. The number of nitrogens with zero attached hydrogens (tertiary/aromatic N) is 2. The molecule has 1 aliphatic rings. The molecule has 1 fully saturated rings. The molecule has 1 N–H and O–H groups in total.